The number of hydrogen-bond donors (Lipinski definition) is 0. The van der Waals surface area contributed by atoms with Crippen molar-refractivity contribution in [1.29, 1.82) is 0 Å². The summed E-state index contributed by atoms with van der Waals surface area (Å²) >= 11 is 0. The van der Waals surface area contributed by atoms with Crippen LogP contribution in [0.2, 0.25) is 0 Å². The van der Waals surface area contributed by atoms with E-state index in [1.54, 1.807) is 14.2 Å². The molecule has 0 fully saturated rings. The maximum Gasteiger partial charge on any atom is 0.162 e. The second-order valence-electron chi connectivity index (χ2n) is 7.26. The van der Waals surface area contributed by atoms with Gasteiger partial charge in [0.15, 0.2) is 17.3 Å². The third kappa shape index (κ3) is 2.75. The highest BCUT2D eigenvalue weighted by Crippen LogP contribution is 2.38. The van der Waals surface area contributed by atoms with Gasteiger partial charge in [-0.05, 0) is 44.9 Å². The van der Waals surface area contributed by atoms with Crippen molar-refractivity contribution in [3.63, 3.8) is 0 Å². The highest BCUT2D eigenvalue weighted by Gasteiger charge is 2.39. The Hall–Kier alpha value is -2.76. The number of rotatable bonds is 3. The van der Waals surface area contributed by atoms with E-state index in [1.807, 2.05) is 36.7 Å². The molecular weight excluding hydrogens is 328 g/mol. The molecule has 1 unspecified atom stereocenters. The molecule has 0 aliphatic carbocycles. The Morgan fingerprint density at radius 1 is 1.15 bits per heavy atom. The predicted octanol–water partition coefficient (Wildman–Crippen LogP) is 3.56. The van der Waals surface area contributed by atoms with Gasteiger partial charge in [-0.25, -0.2) is 4.99 Å². The van der Waals surface area contributed by atoms with E-state index in [2.05, 4.69) is 34.8 Å². The van der Waals surface area contributed by atoms with Crippen molar-refractivity contribution in [1.82, 2.24) is 4.90 Å². The molecule has 3 heterocycles. The van der Waals surface area contributed by atoms with Crippen LogP contribution in [0.25, 0.3) is 0 Å². The fraction of sp³-hybridized carbons (Fsp3) is 0.400. The molecule has 0 radical (unpaired) electrons. The van der Waals surface area contributed by atoms with Crippen molar-refractivity contribution in [2.45, 2.75) is 38.3 Å². The van der Waals surface area contributed by atoms with Gasteiger partial charge in [0.25, 0.3) is 0 Å². The molecule has 0 bridgehead atoms. The highest BCUT2D eigenvalue weighted by molar-refractivity contribution is 5.96. The van der Waals surface area contributed by atoms with Gasteiger partial charge in [0, 0.05) is 30.4 Å². The van der Waals surface area contributed by atoms with Crippen LogP contribution in [-0.4, -0.2) is 42.8 Å². The highest BCUT2D eigenvalue weighted by atomic mass is 16.5. The van der Waals surface area contributed by atoms with Crippen LogP contribution in [0, 0.1) is 0 Å². The first-order valence-corrected chi connectivity index (χ1v) is 8.84. The molecule has 3 aliphatic heterocycles. The molecule has 0 saturated heterocycles. The second kappa shape index (κ2) is 6.20. The Kier molecular flexibility index (Phi) is 3.98. The van der Waals surface area contributed by atoms with Gasteiger partial charge >= 0.3 is 0 Å². The lowest BCUT2D eigenvalue weighted by Gasteiger charge is -2.45. The van der Waals surface area contributed by atoms with E-state index >= 15 is 0 Å². The maximum absolute atomic E-state index is 5.49. The monoisotopic (exact) mass is 352 g/mol. The third-order valence-corrected chi connectivity index (χ3v) is 5.02. The fourth-order valence-electron chi connectivity index (χ4n) is 3.66. The van der Waals surface area contributed by atoms with Crippen molar-refractivity contribution in [3.8, 4) is 11.5 Å². The molecule has 0 spiro atoms. The largest absolute Gasteiger partial charge is 0.493 e. The number of fused-ring (bicyclic) bond motifs is 3. The molecule has 3 aliphatic rings. The Labute approximate surface area is 154 Å². The summed E-state index contributed by atoms with van der Waals surface area (Å²) in [5.74, 6) is 3.35. The number of aliphatic imine (C=N–C) groups is 2. The molecule has 0 amide bonds. The molecule has 1 aromatic rings. The third-order valence-electron chi connectivity index (χ3n) is 5.02. The van der Waals surface area contributed by atoms with Gasteiger partial charge in [-0.3, -0.25) is 9.89 Å². The van der Waals surface area contributed by atoms with Gasteiger partial charge in [-0.15, -0.1) is 0 Å². The van der Waals surface area contributed by atoms with Crippen LogP contribution in [-0.2, 0) is 0 Å². The number of allylic oxidation sites excluding steroid dienone is 1. The van der Waals surface area contributed by atoms with Gasteiger partial charge < -0.3 is 14.4 Å². The minimum atomic E-state index is -0.0629. The molecule has 1 atom stereocenters. The Balaban J connectivity index is 1.81. The fourth-order valence-corrected chi connectivity index (χ4v) is 3.66. The summed E-state index contributed by atoms with van der Waals surface area (Å²) in [6.07, 6.45) is 9.95. The lowest BCUT2D eigenvalue weighted by atomic mass is 9.90. The minimum Gasteiger partial charge on any atom is -0.493 e. The lowest BCUT2D eigenvalue weighted by molar-refractivity contribution is 0.355. The molecule has 0 saturated carbocycles. The van der Waals surface area contributed by atoms with E-state index in [4.69, 9.17) is 14.5 Å². The zero-order valence-electron chi connectivity index (χ0n) is 15.6. The summed E-state index contributed by atoms with van der Waals surface area (Å²) < 4.78 is 10.9. The predicted molar refractivity (Wildman–Crippen MR) is 104 cm³/mol. The summed E-state index contributed by atoms with van der Waals surface area (Å²) in [6, 6.07) is 6.16. The van der Waals surface area contributed by atoms with Crippen LogP contribution in [0.5, 0.6) is 11.5 Å². The molecule has 0 aromatic heterocycles. The standard InChI is InChI=1S/C20H24N4O2/c1-20(2)9-8-15-19(22-20)23-11-5-10-21-18(23)13-24(15)14-6-7-16(25-3)17(12-14)26-4/h5-7,10-13,15H,8-9H2,1-4H3. The zero-order valence-corrected chi connectivity index (χ0v) is 15.6. The SMILES string of the molecule is COc1ccc(N2C=C3N=CC=CN3C3=NC(C)(C)CCC32)cc1OC. The number of benzene rings is 1. The number of nitrogens with zero attached hydrogens (tertiary/aromatic N) is 4. The van der Waals surface area contributed by atoms with Crippen LogP contribution >= 0.6 is 0 Å². The van der Waals surface area contributed by atoms with Crippen LogP contribution in [0.4, 0.5) is 5.69 Å². The van der Waals surface area contributed by atoms with Crippen LogP contribution in [0.3, 0.4) is 0 Å². The number of ether oxygens (including phenoxy) is 2. The van der Waals surface area contributed by atoms with Crippen molar-refractivity contribution in [2.24, 2.45) is 9.98 Å². The van der Waals surface area contributed by atoms with E-state index in [-0.39, 0.29) is 11.6 Å². The van der Waals surface area contributed by atoms with E-state index in [1.165, 1.54) is 0 Å². The second-order valence-corrected chi connectivity index (χ2v) is 7.26. The lowest BCUT2D eigenvalue weighted by Crippen LogP contribution is -2.53. The summed E-state index contributed by atoms with van der Waals surface area (Å²) in [5.41, 5.74) is 0.976. The number of amidine groups is 1. The minimum absolute atomic E-state index is 0.0629. The zero-order chi connectivity index (χ0) is 18.3. The molecule has 6 nitrogen and oxygen atoms in total. The van der Waals surface area contributed by atoms with Gasteiger partial charge in [0.1, 0.15) is 5.84 Å². The van der Waals surface area contributed by atoms with Crippen molar-refractivity contribution in [2.75, 3.05) is 19.1 Å². The number of methoxy groups -OCH3 is 2. The maximum atomic E-state index is 5.49. The molecule has 4 rings (SSSR count). The number of anilines is 1. The summed E-state index contributed by atoms with van der Waals surface area (Å²) in [6.45, 7) is 4.37. The number of hydrogen-bond acceptors (Lipinski definition) is 6. The topological polar surface area (TPSA) is 49.7 Å². The summed E-state index contributed by atoms with van der Waals surface area (Å²) in [4.78, 5) is 13.9. The molecule has 1 aromatic carbocycles. The Bertz CT molecular complexity index is 838. The van der Waals surface area contributed by atoms with Crippen molar-refractivity contribution in [3.05, 3.63) is 42.5 Å². The summed E-state index contributed by atoms with van der Waals surface area (Å²) in [7, 11) is 3.31. The van der Waals surface area contributed by atoms with Gasteiger partial charge in [0.2, 0.25) is 0 Å². The van der Waals surface area contributed by atoms with E-state index in [9.17, 15) is 0 Å². The van der Waals surface area contributed by atoms with Crippen molar-refractivity contribution >= 4 is 17.7 Å². The molecule has 26 heavy (non-hydrogen) atoms. The van der Waals surface area contributed by atoms with E-state index in [0.29, 0.717) is 5.75 Å². The molecule has 0 N–H and O–H groups in total. The first-order valence-electron chi connectivity index (χ1n) is 8.84. The first kappa shape index (κ1) is 16.7. The van der Waals surface area contributed by atoms with E-state index in [0.717, 1.165) is 35.9 Å². The van der Waals surface area contributed by atoms with E-state index < -0.39 is 0 Å². The Morgan fingerprint density at radius 2 is 1.96 bits per heavy atom. The van der Waals surface area contributed by atoms with Gasteiger partial charge in [-0.2, -0.15) is 0 Å². The first-order chi connectivity index (χ1) is 12.5. The van der Waals surface area contributed by atoms with Crippen LogP contribution in [0.15, 0.2) is 52.5 Å². The molecule has 136 valence electrons. The van der Waals surface area contributed by atoms with Gasteiger partial charge in [0.05, 0.1) is 25.8 Å². The average molecular weight is 352 g/mol. The van der Waals surface area contributed by atoms with Crippen molar-refractivity contribution < 1.29 is 9.47 Å². The smallest absolute Gasteiger partial charge is 0.162 e. The van der Waals surface area contributed by atoms with Crippen LogP contribution in [0.1, 0.15) is 26.7 Å². The normalized spacial score (nSPS) is 23.0. The van der Waals surface area contributed by atoms with Gasteiger partial charge in [-0.1, -0.05) is 0 Å². The van der Waals surface area contributed by atoms with Crippen LogP contribution < -0.4 is 14.4 Å². The Morgan fingerprint density at radius 3 is 2.73 bits per heavy atom. The average Bonchev–Trinajstić information content (AvgIpc) is 2.66. The molecule has 6 heteroatoms. The molecular formula is C20H24N4O2. The summed E-state index contributed by atoms with van der Waals surface area (Å²) in [5, 5.41) is 0. The quantitative estimate of drug-likeness (QED) is 0.835.